The van der Waals surface area contributed by atoms with Crippen LogP contribution in [0, 0.1) is 0 Å². The van der Waals surface area contributed by atoms with Crippen LogP contribution in [0.15, 0.2) is 18.2 Å². The van der Waals surface area contributed by atoms with Crippen molar-refractivity contribution in [3.05, 3.63) is 23.8 Å². The zero-order chi connectivity index (χ0) is 18.7. The molecule has 26 heavy (non-hydrogen) atoms. The molecular weight excluding hydrogens is 334 g/mol. The maximum Gasteiger partial charge on any atom is 0.254 e. The number of ether oxygens (including phenoxy) is 2. The maximum atomic E-state index is 13.0. The van der Waals surface area contributed by atoms with Crippen molar-refractivity contribution in [1.29, 1.82) is 0 Å². The third kappa shape index (κ3) is 3.62. The molecule has 0 radical (unpaired) electrons. The summed E-state index contributed by atoms with van der Waals surface area (Å²) in [6.45, 7) is 8.24. The smallest absolute Gasteiger partial charge is 0.254 e. The van der Waals surface area contributed by atoms with E-state index in [1.165, 1.54) is 0 Å². The van der Waals surface area contributed by atoms with Crippen molar-refractivity contribution < 1.29 is 19.1 Å². The lowest BCUT2D eigenvalue weighted by molar-refractivity contribution is -0.142. The van der Waals surface area contributed by atoms with Gasteiger partial charge in [-0.25, -0.2) is 0 Å². The fraction of sp³-hybridized carbons (Fsp3) is 0.579. The van der Waals surface area contributed by atoms with E-state index >= 15 is 0 Å². The third-order valence-electron chi connectivity index (χ3n) is 4.95. The molecule has 1 aromatic carbocycles. The molecule has 2 aliphatic rings. The number of amides is 2. The van der Waals surface area contributed by atoms with Gasteiger partial charge < -0.3 is 19.3 Å². The number of likely N-dealkylation sites (N-methyl/N-ethyl adjacent to an activating group) is 1. The Morgan fingerprint density at radius 3 is 2.50 bits per heavy atom. The van der Waals surface area contributed by atoms with Gasteiger partial charge in [0.15, 0.2) is 11.5 Å². The predicted molar refractivity (Wildman–Crippen MR) is 97.7 cm³/mol. The van der Waals surface area contributed by atoms with Crippen LogP contribution in [-0.4, -0.2) is 85.5 Å². The van der Waals surface area contributed by atoms with Gasteiger partial charge in [-0.3, -0.25) is 14.5 Å². The molecule has 7 heteroatoms. The minimum Gasteiger partial charge on any atom is -0.490 e. The summed E-state index contributed by atoms with van der Waals surface area (Å²) >= 11 is 0. The molecular formula is C19H27N3O4. The highest BCUT2D eigenvalue weighted by molar-refractivity contribution is 5.95. The lowest BCUT2D eigenvalue weighted by atomic mass is 10.1. The molecule has 7 nitrogen and oxygen atoms in total. The van der Waals surface area contributed by atoms with Crippen molar-refractivity contribution in [3.63, 3.8) is 0 Å². The minimum atomic E-state index is -0.236. The summed E-state index contributed by atoms with van der Waals surface area (Å²) in [7, 11) is 1.82. The molecule has 0 saturated carbocycles. The minimum absolute atomic E-state index is 0.0744. The fourth-order valence-corrected chi connectivity index (χ4v) is 3.52. The molecule has 0 bridgehead atoms. The number of rotatable bonds is 5. The van der Waals surface area contributed by atoms with Gasteiger partial charge in [0.2, 0.25) is 5.91 Å². The molecule has 1 aromatic rings. The largest absolute Gasteiger partial charge is 0.490 e. The Morgan fingerprint density at radius 2 is 1.77 bits per heavy atom. The molecule has 0 aliphatic carbocycles. The van der Waals surface area contributed by atoms with Crippen molar-refractivity contribution >= 4 is 11.8 Å². The molecule has 1 atom stereocenters. The van der Waals surface area contributed by atoms with E-state index in [1.54, 1.807) is 28.0 Å². The molecule has 2 saturated heterocycles. The monoisotopic (exact) mass is 361 g/mol. The van der Waals surface area contributed by atoms with Gasteiger partial charge in [-0.15, -0.1) is 0 Å². The van der Waals surface area contributed by atoms with Crippen LogP contribution in [0.5, 0.6) is 11.5 Å². The van der Waals surface area contributed by atoms with Gasteiger partial charge >= 0.3 is 0 Å². The molecule has 2 heterocycles. The van der Waals surface area contributed by atoms with Crippen LogP contribution in [0.3, 0.4) is 0 Å². The number of carbonyl (C=O) groups is 2. The van der Waals surface area contributed by atoms with Crippen LogP contribution in [0.1, 0.15) is 24.2 Å². The normalized spacial score (nSPS) is 20.7. The van der Waals surface area contributed by atoms with Gasteiger partial charge in [0.05, 0.1) is 13.2 Å². The van der Waals surface area contributed by atoms with Crippen molar-refractivity contribution in [2.75, 3.05) is 53.0 Å². The molecule has 0 unspecified atom stereocenters. The SMILES string of the molecule is CCOc1ccc(C(=O)N2CCN3CCN(C)C(=O)[C@H]3C2)cc1OCC. The fourth-order valence-electron chi connectivity index (χ4n) is 3.52. The quantitative estimate of drug-likeness (QED) is 0.785. The predicted octanol–water partition coefficient (Wildman–Crippen LogP) is 1.08. The van der Waals surface area contributed by atoms with E-state index in [0.717, 1.165) is 19.6 Å². The summed E-state index contributed by atoms with van der Waals surface area (Å²) < 4.78 is 11.2. The Morgan fingerprint density at radius 1 is 1.08 bits per heavy atom. The first-order valence-electron chi connectivity index (χ1n) is 9.23. The van der Waals surface area contributed by atoms with Crippen LogP contribution in [0.25, 0.3) is 0 Å². The molecule has 0 N–H and O–H groups in total. The lowest BCUT2D eigenvalue weighted by Crippen LogP contribution is -2.64. The molecule has 142 valence electrons. The maximum absolute atomic E-state index is 13.0. The van der Waals surface area contributed by atoms with Crippen LogP contribution in [0.4, 0.5) is 0 Å². The topological polar surface area (TPSA) is 62.3 Å². The highest BCUT2D eigenvalue weighted by Crippen LogP contribution is 2.29. The number of hydrogen-bond donors (Lipinski definition) is 0. The third-order valence-corrected chi connectivity index (χ3v) is 4.95. The van der Waals surface area contributed by atoms with Crippen molar-refractivity contribution in [2.24, 2.45) is 0 Å². The Hall–Kier alpha value is -2.28. The number of hydrogen-bond acceptors (Lipinski definition) is 5. The summed E-state index contributed by atoms with van der Waals surface area (Å²) in [5.74, 6) is 1.23. The second kappa shape index (κ2) is 7.95. The number of piperazine rings is 2. The van der Waals surface area contributed by atoms with E-state index in [1.807, 2.05) is 20.9 Å². The zero-order valence-electron chi connectivity index (χ0n) is 15.7. The van der Waals surface area contributed by atoms with Gasteiger partial charge in [-0.1, -0.05) is 0 Å². The van der Waals surface area contributed by atoms with E-state index in [9.17, 15) is 9.59 Å². The average molecular weight is 361 g/mol. The Kier molecular flexibility index (Phi) is 5.66. The highest BCUT2D eigenvalue weighted by Gasteiger charge is 2.38. The molecule has 2 aliphatic heterocycles. The van der Waals surface area contributed by atoms with Gasteiger partial charge in [0.1, 0.15) is 6.04 Å². The molecule has 0 aromatic heterocycles. The summed E-state index contributed by atoms with van der Waals surface area (Å²) in [4.78, 5) is 31.1. The first kappa shape index (κ1) is 18.5. The second-order valence-electron chi connectivity index (χ2n) is 6.59. The van der Waals surface area contributed by atoms with Gasteiger partial charge in [0.25, 0.3) is 5.91 Å². The van der Waals surface area contributed by atoms with E-state index in [2.05, 4.69) is 4.90 Å². The highest BCUT2D eigenvalue weighted by atomic mass is 16.5. The number of carbonyl (C=O) groups excluding carboxylic acids is 2. The number of fused-ring (bicyclic) bond motifs is 1. The first-order valence-corrected chi connectivity index (χ1v) is 9.23. The standard InChI is InChI=1S/C19H27N3O4/c1-4-25-16-7-6-14(12-17(16)26-5-2)18(23)22-11-10-21-9-8-20(3)19(24)15(21)13-22/h6-7,12,15H,4-5,8-11,13H2,1-3H3/t15-/m1/s1. The van der Waals surface area contributed by atoms with E-state index in [-0.39, 0.29) is 17.9 Å². The van der Waals surface area contributed by atoms with E-state index < -0.39 is 0 Å². The Balaban J connectivity index is 1.76. The summed E-state index contributed by atoms with van der Waals surface area (Å²) in [6, 6.07) is 5.03. The number of nitrogens with zero attached hydrogens (tertiary/aromatic N) is 3. The molecule has 2 fully saturated rings. The molecule has 2 amide bonds. The van der Waals surface area contributed by atoms with Crippen LogP contribution in [0.2, 0.25) is 0 Å². The summed E-state index contributed by atoms with van der Waals surface area (Å²) in [5, 5.41) is 0. The second-order valence-corrected chi connectivity index (χ2v) is 6.59. The van der Waals surface area contributed by atoms with Crippen LogP contribution >= 0.6 is 0 Å². The summed E-state index contributed by atoms with van der Waals surface area (Å²) in [5.41, 5.74) is 0.557. The lowest BCUT2D eigenvalue weighted by Gasteiger charge is -2.45. The van der Waals surface area contributed by atoms with E-state index in [4.69, 9.17) is 9.47 Å². The number of benzene rings is 1. The average Bonchev–Trinajstić information content (AvgIpc) is 2.66. The molecule has 3 rings (SSSR count). The van der Waals surface area contributed by atoms with Gasteiger partial charge in [0, 0.05) is 45.3 Å². The Bertz CT molecular complexity index is 679. The summed E-state index contributed by atoms with van der Waals surface area (Å²) in [6.07, 6.45) is 0. The van der Waals surface area contributed by atoms with Crippen molar-refractivity contribution in [2.45, 2.75) is 19.9 Å². The van der Waals surface area contributed by atoms with Crippen LogP contribution in [-0.2, 0) is 4.79 Å². The first-order chi connectivity index (χ1) is 12.5. The van der Waals surface area contributed by atoms with Crippen molar-refractivity contribution in [3.8, 4) is 11.5 Å². The van der Waals surface area contributed by atoms with Crippen LogP contribution < -0.4 is 9.47 Å². The Labute approximate surface area is 154 Å². The van der Waals surface area contributed by atoms with Gasteiger partial charge in [-0.05, 0) is 32.0 Å². The zero-order valence-corrected chi connectivity index (χ0v) is 15.7. The molecule has 0 spiro atoms. The van der Waals surface area contributed by atoms with Crippen molar-refractivity contribution in [1.82, 2.24) is 14.7 Å². The van der Waals surface area contributed by atoms with Gasteiger partial charge in [-0.2, -0.15) is 0 Å². The van der Waals surface area contributed by atoms with E-state index in [0.29, 0.717) is 43.4 Å².